The van der Waals surface area contributed by atoms with Crippen molar-refractivity contribution < 1.29 is 23.4 Å². The van der Waals surface area contributed by atoms with Gasteiger partial charge in [0.1, 0.15) is 5.76 Å². The summed E-state index contributed by atoms with van der Waals surface area (Å²) >= 11 is 6.01. The second kappa shape index (κ2) is 12.7. The molecule has 1 atom stereocenters. The van der Waals surface area contributed by atoms with Crippen molar-refractivity contribution in [2.45, 2.75) is 44.0 Å². The Bertz CT molecular complexity index is 1880. The number of rotatable bonds is 9. The van der Waals surface area contributed by atoms with Gasteiger partial charge in [0.25, 0.3) is 5.56 Å². The molecular formula is C29H27BrN4O6S2. The van der Waals surface area contributed by atoms with Gasteiger partial charge in [0.15, 0.2) is 26.5 Å². The van der Waals surface area contributed by atoms with Crippen LogP contribution in [0.15, 0.2) is 76.7 Å². The molecule has 13 heteroatoms. The van der Waals surface area contributed by atoms with Gasteiger partial charge in [-0.15, -0.1) is 0 Å². The van der Waals surface area contributed by atoms with E-state index < -0.39 is 12.0 Å². The molecule has 0 aliphatic carbocycles. The average Bonchev–Trinajstić information content (AvgIpc) is 3.45. The summed E-state index contributed by atoms with van der Waals surface area (Å²) in [7, 11) is 1.56. The van der Waals surface area contributed by atoms with Crippen molar-refractivity contribution in [3.8, 4) is 11.5 Å². The van der Waals surface area contributed by atoms with Crippen molar-refractivity contribution in [1.29, 1.82) is 0 Å². The summed E-state index contributed by atoms with van der Waals surface area (Å²) in [6.45, 7) is 7.83. The Morgan fingerprint density at radius 1 is 1.19 bits per heavy atom. The van der Waals surface area contributed by atoms with Gasteiger partial charge in [0.05, 0.1) is 46.6 Å². The Balaban J connectivity index is 1.62. The maximum atomic E-state index is 14.0. The number of esters is 1. The lowest BCUT2D eigenvalue weighted by atomic mass is 9.95. The van der Waals surface area contributed by atoms with E-state index >= 15 is 0 Å². The molecule has 3 aromatic heterocycles. The number of allylic oxidation sites excluding steroid dienone is 1. The van der Waals surface area contributed by atoms with Crippen LogP contribution in [0.25, 0.3) is 6.08 Å². The first-order valence-electron chi connectivity index (χ1n) is 13.0. The lowest BCUT2D eigenvalue weighted by molar-refractivity contribution is -0.139. The van der Waals surface area contributed by atoms with Crippen LogP contribution in [0, 0.1) is 6.92 Å². The van der Waals surface area contributed by atoms with Crippen molar-refractivity contribution in [1.82, 2.24) is 14.5 Å². The van der Waals surface area contributed by atoms with Crippen molar-refractivity contribution >= 4 is 51.1 Å². The Hall–Kier alpha value is -3.68. The molecule has 0 fully saturated rings. The molecule has 42 heavy (non-hydrogen) atoms. The van der Waals surface area contributed by atoms with E-state index in [1.54, 1.807) is 51.4 Å². The predicted octanol–water partition coefficient (Wildman–Crippen LogP) is 4.81. The summed E-state index contributed by atoms with van der Waals surface area (Å²) in [6, 6.07) is 8.15. The van der Waals surface area contributed by atoms with Gasteiger partial charge in [-0.3, -0.25) is 9.36 Å². The van der Waals surface area contributed by atoms with Gasteiger partial charge in [-0.05, 0) is 85.2 Å². The highest BCUT2D eigenvalue weighted by Crippen LogP contribution is 2.37. The lowest BCUT2D eigenvalue weighted by Crippen LogP contribution is -2.39. The van der Waals surface area contributed by atoms with Crippen molar-refractivity contribution in [3.05, 3.63) is 89.0 Å². The van der Waals surface area contributed by atoms with Crippen molar-refractivity contribution in [2.75, 3.05) is 20.3 Å². The zero-order chi connectivity index (χ0) is 30.0. The van der Waals surface area contributed by atoms with E-state index in [4.69, 9.17) is 18.6 Å². The highest BCUT2D eigenvalue weighted by molar-refractivity contribution is 9.10. The molecule has 5 rings (SSSR count). The van der Waals surface area contributed by atoms with Gasteiger partial charge < -0.3 is 18.6 Å². The SMILES string of the molecule is CCOC(=O)C1=C(C)N=c2s/c(=C/c3cc(Br)c(Sc4nccc(C)n4)o3)c(=O)n2[C@@H]1c1ccc(OC)c(OCC)c1. The van der Waals surface area contributed by atoms with Crippen molar-refractivity contribution in [3.63, 3.8) is 0 Å². The summed E-state index contributed by atoms with van der Waals surface area (Å²) in [5.41, 5.74) is 1.92. The van der Waals surface area contributed by atoms with E-state index in [0.29, 0.717) is 59.2 Å². The van der Waals surface area contributed by atoms with Crippen LogP contribution in [0.1, 0.15) is 43.8 Å². The van der Waals surface area contributed by atoms with Gasteiger partial charge >= 0.3 is 5.97 Å². The average molecular weight is 672 g/mol. The van der Waals surface area contributed by atoms with Crippen LogP contribution in [-0.2, 0) is 9.53 Å². The number of furan rings is 1. The second-order valence-corrected chi connectivity index (χ2v) is 11.8. The normalized spacial score (nSPS) is 14.9. The molecule has 0 radical (unpaired) electrons. The molecule has 0 spiro atoms. The maximum absolute atomic E-state index is 14.0. The van der Waals surface area contributed by atoms with Crippen LogP contribution in [-0.4, -0.2) is 40.8 Å². The lowest BCUT2D eigenvalue weighted by Gasteiger charge is -2.25. The number of carbonyl (C=O) groups is 1. The van der Waals surface area contributed by atoms with E-state index in [1.807, 2.05) is 26.0 Å². The zero-order valence-corrected chi connectivity index (χ0v) is 26.7. The fourth-order valence-corrected chi connectivity index (χ4v) is 6.77. The van der Waals surface area contributed by atoms with Crippen molar-refractivity contribution in [2.24, 2.45) is 4.99 Å². The van der Waals surface area contributed by atoms with Gasteiger partial charge in [-0.1, -0.05) is 17.4 Å². The topological polar surface area (TPSA) is 118 Å². The second-order valence-electron chi connectivity index (χ2n) is 9.01. The molecule has 0 N–H and O–H groups in total. The molecule has 4 aromatic rings. The zero-order valence-electron chi connectivity index (χ0n) is 23.5. The first kappa shape index (κ1) is 29.8. The van der Waals surface area contributed by atoms with Crippen LogP contribution in [0.5, 0.6) is 11.5 Å². The minimum atomic E-state index is -0.791. The quantitative estimate of drug-likeness (QED) is 0.183. The van der Waals surface area contributed by atoms with E-state index in [2.05, 4.69) is 30.9 Å². The van der Waals surface area contributed by atoms with E-state index in [-0.39, 0.29) is 17.7 Å². The number of thiazole rings is 1. The van der Waals surface area contributed by atoms with Gasteiger partial charge in [0.2, 0.25) is 0 Å². The van der Waals surface area contributed by atoms with Crippen LogP contribution in [0.2, 0.25) is 0 Å². The van der Waals surface area contributed by atoms with Gasteiger partial charge in [-0.2, -0.15) is 0 Å². The third kappa shape index (κ3) is 5.94. The summed E-state index contributed by atoms with van der Waals surface area (Å²) in [4.78, 5) is 40.9. The molecule has 0 saturated heterocycles. The Morgan fingerprint density at radius 2 is 2.00 bits per heavy atom. The number of carbonyl (C=O) groups excluding carboxylic acids is 1. The largest absolute Gasteiger partial charge is 0.493 e. The first-order valence-corrected chi connectivity index (χ1v) is 15.4. The smallest absolute Gasteiger partial charge is 0.338 e. The molecule has 10 nitrogen and oxygen atoms in total. The third-order valence-electron chi connectivity index (χ3n) is 6.22. The molecule has 1 aliphatic rings. The summed E-state index contributed by atoms with van der Waals surface area (Å²) in [6.07, 6.45) is 3.35. The molecule has 1 aromatic carbocycles. The van der Waals surface area contributed by atoms with Crippen LogP contribution in [0.4, 0.5) is 0 Å². The summed E-state index contributed by atoms with van der Waals surface area (Å²) in [5.74, 6) is 0.963. The number of benzene rings is 1. The fraction of sp³-hybridized carbons (Fsp3) is 0.276. The number of hydrogen-bond donors (Lipinski definition) is 0. The van der Waals surface area contributed by atoms with Gasteiger partial charge in [0, 0.05) is 18.0 Å². The number of methoxy groups -OCH3 is 1. The fourth-order valence-electron chi connectivity index (χ4n) is 4.44. The van der Waals surface area contributed by atoms with Crippen LogP contribution < -0.4 is 24.4 Å². The molecule has 218 valence electrons. The summed E-state index contributed by atoms with van der Waals surface area (Å²) < 4.78 is 25.3. The number of aryl methyl sites for hydroxylation is 1. The standard InChI is InChI=1S/C29H27BrN4O6S2/c1-6-38-21-12-17(8-9-20(21)37-5)24-23(26(36)39-7-2)16(4)33-29-34(24)25(35)22(41-29)14-18-13-19(30)27(40-18)42-28-31-11-10-15(3)32-28/h8-14,24H,6-7H2,1-5H3/b22-14+/t24-/m1/s1. The third-order valence-corrected chi connectivity index (χ3v) is 8.93. The minimum absolute atomic E-state index is 0.181. The number of ether oxygens (including phenoxy) is 3. The molecule has 1 aliphatic heterocycles. The van der Waals surface area contributed by atoms with Crippen LogP contribution >= 0.6 is 39.0 Å². The maximum Gasteiger partial charge on any atom is 0.338 e. The molecular weight excluding hydrogens is 644 g/mol. The molecule has 4 heterocycles. The monoisotopic (exact) mass is 670 g/mol. The van der Waals surface area contributed by atoms with E-state index in [1.165, 1.54) is 27.7 Å². The number of aromatic nitrogens is 3. The number of halogens is 1. The highest BCUT2D eigenvalue weighted by atomic mass is 79.9. The molecule has 0 bridgehead atoms. The van der Waals surface area contributed by atoms with Gasteiger partial charge in [-0.25, -0.2) is 19.8 Å². The predicted molar refractivity (Wildman–Crippen MR) is 162 cm³/mol. The summed E-state index contributed by atoms with van der Waals surface area (Å²) in [5, 5.41) is 1.10. The Labute approximate surface area is 257 Å². The minimum Gasteiger partial charge on any atom is -0.493 e. The Kier molecular flexibility index (Phi) is 8.99. The highest BCUT2D eigenvalue weighted by Gasteiger charge is 2.34. The van der Waals surface area contributed by atoms with E-state index in [9.17, 15) is 9.59 Å². The number of nitrogens with zero attached hydrogens (tertiary/aromatic N) is 4. The number of fused-ring (bicyclic) bond motifs is 1. The first-order chi connectivity index (χ1) is 20.2. The Morgan fingerprint density at radius 3 is 2.71 bits per heavy atom. The molecule has 0 amide bonds. The molecule has 0 unspecified atom stereocenters. The van der Waals surface area contributed by atoms with Crippen LogP contribution in [0.3, 0.4) is 0 Å². The number of hydrogen-bond acceptors (Lipinski definition) is 11. The molecule has 0 saturated carbocycles. The van der Waals surface area contributed by atoms with E-state index in [0.717, 1.165) is 5.69 Å².